The van der Waals surface area contributed by atoms with E-state index in [2.05, 4.69) is 36.1 Å². The predicted molar refractivity (Wildman–Crippen MR) is 93.6 cm³/mol. The molecule has 0 bridgehead atoms. The fourth-order valence-corrected chi connectivity index (χ4v) is 4.09. The van der Waals surface area contributed by atoms with Gasteiger partial charge in [-0.25, -0.2) is 0 Å². The number of carbonyl (C=O) groups excluding carboxylic acids is 1. The van der Waals surface area contributed by atoms with Gasteiger partial charge in [-0.05, 0) is 62.4 Å². The van der Waals surface area contributed by atoms with Crippen LogP contribution in [0, 0.1) is 0 Å². The molecule has 2 heterocycles. The Labute approximate surface area is 136 Å². The summed E-state index contributed by atoms with van der Waals surface area (Å²) in [7, 11) is 0. The van der Waals surface area contributed by atoms with Crippen molar-refractivity contribution in [3.63, 3.8) is 0 Å². The van der Waals surface area contributed by atoms with E-state index in [1.165, 1.54) is 49.3 Å². The van der Waals surface area contributed by atoms with Gasteiger partial charge in [0.2, 0.25) is 0 Å². The highest BCUT2D eigenvalue weighted by Crippen LogP contribution is 2.31. The molecule has 2 aromatic rings. The van der Waals surface area contributed by atoms with E-state index in [1.54, 1.807) is 6.92 Å². The summed E-state index contributed by atoms with van der Waals surface area (Å²) in [5.74, 6) is 0.149. The van der Waals surface area contributed by atoms with Crippen LogP contribution in [0.2, 0.25) is 0 Å². The van der Waals surface area contributed by atoms with Gasteiger partial charge >= 0.3 is 0 Å². The average molecular weight is 313 g/mol. The van der Waals surface area contributed by atoms with E-state index in [4.69, 9.17) is 0 Å². The van der Waals surface area contributed by atoms with Gasteiger partial charge in [0.1, 0.15) is 0 Å². The minimum atomic E-state index is 0.149. The molecule has 0 saturated carbocycles. The Morgan fingerprint density at radius 2 is 1.77 bits per heavy atom. The van der Waals surface area contributed by atoms with Crippen molar-refractivity contribution in [3.8, 4) is 11.1 Å². The predicted octanol–water partition coefficient (Wildman–Crippen LogP) is 5.16. The number of carbonyl (C=O) groups is 1. The zero-order valence-corrected chi connectivity index (χ0v) is 14.2. The molecule has 2 nitrogen and oxygen atoms in total. The molecule has 1 saturated heterocycles. The molecule has 1 aromatic carbocycles. The first kappa shape index (κ1) is 15.4. The third-order valence-electron chi connectivity index (χ3n) is 4.63. The molecule has 1 atom stereocenters. The van der Waals surface area contributed by atoms with Gasteiger partial charge in [-0.3, -0.25) is 9.69 Å². The number of ketones is 1. The van der Waals surface area contributed by atoms with Crippen molar-refractivity contribution in [2.45, 2.75) is 39.2 Å². The largest absolute Gasteiger partial charge is 0.297 e. The summed E-state index contributed by atoms with van der Waals surface area (Å²) in [6.07, 6.45) is 4.01. The van der Waals surface area contributed by atoms with Crippen LogP contribution < -0.4 is 0 Å². The van der Waals surface area contributed by atoms with Crippen LogP contribution in [0.5, 0.6) is 0 Å². The summed E-state index contributed by atoms with van der Waals surface area (Å²) in [5.41, 5.74) is 3.57. The van der Waals surface area contributed by atoms with Crippen LogP contribution in [0.3, 0.4) is 0 Å². The normalized spacial score (nSPS) is 17.4. The second-order valence-electron chi connectivity index (χ2n) is 6.11. The summed E-state index contributed by atoms with van der Waals surface area (Å²) < 4.78 is 0. The van der Waals surface area contributed by atoms with Crippen LogP contribution in [0.4, 0.5) is 0 Å². The molecule has 0 N–H and O–H groups in total. The zero-order chi connectivity index (χ0) is 15.5. The Morgan fingerprint density at radius 1 is 1.09 bits per heavy atom. The summed E-state index contributed by atoms with van der Waals surface area (Å²) in [5, 5.41) is 2.00. The van der Waals surface area contributed by atoms with Crippen LogP contribution in [-0.4, -0.2) is 23.8 Å². The van der Waals surface area contributed by atoms with Gasteiger partial charge in [-0.15, -0.1) is 11.3 Å². The Morgan fingerprint density at radius 3 is 2.41 bits per heavy atom. The first-order valence-electron chi connectivity index (χ1n) is 8.09. The fraction of sp³-hybridized carbons (Fsp3) is 0.421. The van der Waals surface area contributed by atoms with Crippen LogP contribution in [0.15, 0.2) is 35.7 Å². The van der Waals surface area contributed by atoms with Gasteiger partial charge in [0.25, 0.3) is 0 Å². The number of likely N-dealkylation sites (tertiary alicyclic amines) is 1. The molecule has 22 heavy (non-hydrogen) atoms. The summed E-state index contributed by atoms with van der Waals surface area (Å²) in [6.45, 7) is 6.36. The second kappa shape index (κ2) is 6.76. The Bertz CT molecular complexity index is 638. The second-order valence-corrected chi connectivity index (χ2v) is 7.03. The smallest absolute Gasteiger partial charge is 0.170 e. The highest BCUT2D eigenvalue weighted by Gasteiger charge is 2.18. The SMILES string of the molecule is CC(=O)c1sccc1-c1ccc([C@H](C)N2CCCCC2)cc1. The molecule has 3 heteroatoms. The van der Waals surface area contributed by atoms with E-state index < -0.39 is 0 Å². The van der Waals surface area contributed by atoms with Crippen LogP contribution in [-0.2, 0) is 0 Å². The van der Waals surface area contributed by atoms with Gasteiger partial charge in [0.15, 0.2) is 5.78 Å². The first-order valence-corrected chi connectivity index (χ1v) is 8.97. The number of benzene rings is 1. The van der Waals surface area contributed by atoms with Crippen LogP contribution in [0.1, 0.15) is 54.4 Å². The molecule has 116 valence electrons. The molecule has 1 fully saturated rings. The van der Waals surface area contributed by atoms with Gasteiger partial charge in [-0.1, -0.05) is 30.7 Å². The molecule has 0 aliphatic carbocycles. The third kappa shape index (κ3) is 3.16. The number of hydrogen-bond donors (Lipinski definition) is 0. The molecule has 1 aromatic heterocycles. The summed E-state index contributed by atoms with van der Waals surface area (Å²) in [4.78, 5) is 15.1. The molecular formula is C19H23NOS. The van der Waals surface area contributed by atoms with E-state index >= 15 is 0 Å². The number of hydrogen-bond acceptors (Lipinski definition) is 3. The molecule has 0 amide bonds. The number of nitrogens with zero attached hydrogens (tertiary/aromatic N) is 1. The van der Waals surface area contributed by atoms with Crippen molar-refractivity contribution in [1.82, 2.24) is 4.90 Å². The quantitative estimate of drug-likeness (QED) is 0.726. The van der Waals surface area contributed by atoms with Crippen molar-refractivity contribution in [2.24, 2.45) is 0 Å². The Kier molecular flexibility index (Phi) is 4.74. The summed E-state index contributed by atoms with van der Waals surface area (Å²) >= 11 is 1.53. The van der Waals surface area contributed by atoms with E-state index in [0.717, 1.165) is 16.0 Å². The molecule has 0 unspecified atom stereocenters. The summed E-state index contributed by atoms with van der Waals surface area (Å²) in [6, 6.07) is 11.3. The maximum absolute atomic E-state index is 11.7. The molecular weight excluding hydrogens is 290 g/mol. The van der Waals surface area contributed by atoms with E-state index in [1.807, 2.05) is 11.4 Å². The number of piperidine rings is 1. The third-order valence-corrected chi connectivity index (χ3v) is 5.64. The number of rotatable bonds is 4. The van der Waals surface area contributed by atoms with Gasteiger partial charge in [-0.2, -0.15) is 0 Å². The average Bonchev–Trinajstić information content (AvgIpc) is 3.05. The molecule has 1 aliphatic heterocycles. The van der Waals surface area contributed by atoms with E-state index in [0.29, 0.717) is 6.04 Å². The van der Waals surface area contributed by atoms with Crippen LogP contribution >= 0.6 is 11.3 Å². The highest BCUT2D eigenvalue weighted by atomic mass is 32.1. The van der Waals surface area contributed by atoms with Gasteiger partial charge in [0, 0.05) is 11.6 Å². The standard InChI is InChI=1S/C19H23NOS/c1-14(20-11-4-3-5-12-20)16-6-8-17(9-7-16)18-10-13-22-19(18)15(2)21/h6-10,13-14H,3-5,11-12H2,1-2H3/t14-/m0/s1. The maximum Gasteiger partial charge on any atom is 0.170 e. The van der Waals surface area contributed by atoms with Gasteiger partial charge < -0.3 is 0 Å². The molecule has 0 spiro atoms. The number of Topliss-reactive ketones (excluding diaryl/α,β-unsaturated/α-hetero) is 1. The topological polar surface area (TPSA) is 20.3 Å². The van der Waals surface area contributed by atoms with Crippen molar-refractivity contribution >= 4 is 17.1 Å². The van der Waals surface area contributed by atoms with Crippen LogP contribution in [0.25, 0.3) is 11.1 Å². The fourth-order valence-electron chi connectivity index (χ4n) is 3.27. The first-order chi connectivity index (χ1) is 10.7. The highest BCUT2D eigenvalue weighted by molar-refractivity contribution is 7.12. The molecule has 3 rings (SSSR count). The lowest BCUT2D eigenvalue weighted by atomic mass is 9.99. The number of thiophene rings is 1. The molecule has 0 radical (unpaired) electrons. The Balaban J connectivity index is 1.80. The van der Waals surface area contributed by atoms with Crippen molar-refractivity contribution in [3.05, 3.63) is 46.2 Å². The lowest BCUT2D eigenvalue weighted by Gasteiger charge is -2.32. The lowest BCUT2D eigenvalue weighted by Crippen LogP contribution is -2.32. The van der Waals surface area contributed by atoms with Crippen molar-refractivity contribution < 1.29 is 4.79 Å². The minimum absolute atomic E-state index is 0.149. The minimum Gasteiger partial charge on any atom is -0.297 e. The monoisotopic (exact) mass is 313 g/mol. The Hall–Kier alpha value is -1.45. The van der Waals surface area contributed by atoms with Crippen molar-refractivity contribution in [2.75, 3.05) is 13.1 Å². The van der Waals surface area contributed by atoms with E-state index in [-0.39, 0.29) is 5.78 Å². The van der Waals surface area contributed by atoms with Gasteiger partial charge in [0.05, 0.1) is 4.88 Å². The lowest BCUT2D eigenvalue weighted by molar-refractivity contribution is 0.102. The van der Waals surface area contributed by atoms with E-state index in [9.17, 15) is 4.79 Å². The zero-order valence-electron chi connectivity index (χ0n) is 13.3. The maximum atomic E-state index is 11.7. The van der Waals surface area contributed by atoms with Crippen molar-refractivity contribution in [1.29, 1.82) is 0 Å². The molecule has 1 aliphatic rings.